The molecule has 28 heavy (non-hydrogen) atoms. The Morgan fingerprint density at radius 1 is 1.36 bits per heavy atom. The van der Waals surface area contributed by atoms with Gasteiger partial charge in [-0.05, 0) is 57.6 Å². The Balaban J connectivity index is 2.08. The Morgan fingerprint density at radius 2 is 2.07 bits per heavy atom. The summed E-state index contributed by atoms with van der Waals surface area (Å²) in [5, 5.41) is 6.44. The second kappa shape index (κ2) is 10.1. The minimum Gasteiger partial charge on any atom is -0.459 e. The Hall–Kier alpha value is -1.86. The van der Waals surface area contributed by atoms with E-state index in [1.54, 1.807) is 6.20 Å². The second-order valence-electron chi connectivity index (χ2n) is 8.01. The van der Waals surface area contributed by atoms with E-state index in [1.807, 2.05) is 26.8 Å². The van der Waals surface area contributed by atoms with Crippen molar-refractivity contribution < 1.29 is 19.1 Å². The second-order valence-corrected chi connectivity index (χ2v) is 8.37. The topological polar surface area (TPSA) is 89.6 Å². The van der Waals surface area contributed by atoms with Gasteiger partial charge in [0, 0.05) is 25.3 Å². The molecule has 0 aliphatic heterocycles. The zero-order valence-electron chi connectivity index (χ0n) is 17.0. The molecule has 1 amide bonds. The lowest BCUT2D eigenvalue weighted by atomic mass is 9.97. The van der Waals surface area contributed by atoms with Crippen LogP contribution in [0.25, 0.3) is 0 Å². The smallest absolute Gasteiger partial charge is 0.406 e. The average Bonchev–Trinajstić information content (AvgIpc) is 3.43. The third-order valence-electron chi connectivity index (χ3n) is 4.29. The molecule has 1 saturated carbocycles. The number of halogens is 1. The molecule has 1 heterocycles. The van der Waals surface area contributed by atoms with Gasteiger partial charge < -0.3 is 20.1 Å². The maximum atomic E-state index is 12.8. The molecule has 156 valence electrons. The third-order valence-corrected chi connectivity index (χ3v) is 4.63. The first-order valence-corrected chi connectivity index (χ1v) is 10.00. The molecule has 1 fully saturated rings. The molecule has 1 aromatic rings. The van der Waals surface area contributed by atoms with E-state index < -0.39 is 17.6 Å². The van der Waals surface area contributed by atoms with Gasteiger partial charge in [-0.15, -0.1) is 0 Å². The van der Waals surface area contributed by atoms with Gasteiger partial charge in [-0.1, -0.05) is 17.7 Å². The largest absolute Gasteiger partial charge is 0.459 e. The summed E-state index contributed by atoms with van der Waals surface area (Å²) >= 11 is 6.24. The minimum absolute atomic E-state index is 0.275. The summed E-state index contributed by atoms with van der Waals surface area (Å²) in [7, 11) is 1.33. The van der Waals surface area contributed by atoms with E-state index in [-0.39, 0.29) is 5.97 Å². The number of aromatic nitrogens is 1. The molecule has 0 saturated heterocycles. The predicted molar refractivity (Wildman–Crippen MR) is 108 cm³/mol. The summed E-state index contributed by atoms with van der Waals surface area (Å²) < 4.78 is 10.2. The van der Waals surface area contributed by atoms with Crippen molar-refractivity contribution in [2.75, 3.05) is 20.2 Å². The fourth-order valence-electron chi connectivity index (χ4n) is 2.70. The molecule has 2 rings (SSSR count). The number of esters is 1. The zero-order valence-corrected chi connectivity index (χ0v) is 17.8. The van der Waals surface area contributed by atoms with Gasteiger partial charge in [0.25, 0.3) is 0 Å². The Labute approximate surface area is 171 Å². The zero-order chi connectivity index (χ0) is 20.7. The van der Waals surface area contributed by atoms with Crippen molar-refractivity contribution >= 4 is 23.7 Å². The number of nitrogens with one attached hydrogen (secondary N) is 2. The molecular formula is C20H30ClN3O4. The van der Waals surface area contributed by atoms with E-state index in [2.05, 4.69) is 20.4 Å². The van der Waals surface area contributed by atoms with E-state index >= 15 is 0 Å². The highest BCUT2D eigenvalue weighted by Gasteiger charge is 2.30. The van der Waals surface area contributed by atoms with Gasteiger partial charge in [0.05, 0.1) is 13.0 Å². The molecule has 0 spiro atoms. The molecule has 1 aliphatic rings. The first kappa shape index (κ1) is 22.4. The van der Waals surface area contributed by atoms with Crippen LogP contribution < -0.4 is 10.6 Å². The summed E-state index contributed by atoms with van der Waals surface area (Å²) in [4.78, 5) is 28.2. The minimum atomic E-state index is -0.558. The van der Waals surface area contributed by atoms with Crippen LogP contribution in [-0.2, 0) is 20.7 Å². The maximum Gasteiger partial charge on any atom is 0.406 e. The number of carbonyl (C=O) groups is 2. The molecule has 1 aromatic heterocycles. The lowest BCUT2D eigenvalue weighted by Crippen LogP contribution is -2.34. The van der Waals surface area contributed by atoms with Gasteiger partial charge in [-0.3, -0.25) is 4.79 Å². The Morgan fingerprint density at radius 3 is 2.68 bits per heavy atom. The van der Waals surface area contributed by atoms with Gasteiger partial charge in [-0.25, -0.2) is 9.78 Å². The molecule has 8 heteroatoms. The number of rotatable bonds is 9. The number of alkyl carbamates (subject to hydrolysis) is 1. The van der Waals surface area contributed by atoms with Crippen LogP contribution in [0.1, 0.15) is 57.1 Å². The number of aryl methyl sites for hydroxylation is 1. The average molecular weight is 412 g/mol. The summed E-state index contributed by atoms with van der Waals surface area (Å²) in [6.07, 6.45) is 4.76. The van der Waals surface area contributed by atoms with Crippen molar-refractivity contribution in [1.82, 2.24) is 15.6 Å². The number of hydrogen-bond acceptors (Lipinski definition) is 6. The van der Waals surface area contributed by atoms with Gasteiger partial charge >= 0.3 is 12.1 Å². The molecule has 1 aliphatic carbocycles. The number of nitrogens with zero attached hydrogens (tertiary/aromatic N) is 1. The summed E-state index contributed by atoms with van der Waals surface area (Å²) in [5.74, 6) is -0.723. The summed E-state index contributed by atoms with van der Waals surface area (Å²) in [6, 6.07) is 2.39. The number of ether oxygens (including phenoxy) is 2. The van der Waals surface area contributed by atoms with Gasteiger partial charge in [0.1, 0.15) is 10.8 Å². The third kappa shape index (κ3) is 7.64. The van der Waals surface area contributed by atoms with Crippen molar-refractivity contribution in [2.45, 2.75) is 64.0 Å². The number of carbonyl (C=O) groups excluding carboxylic acids is 2. The molecule has 1 atom stereocenters. The van der Waals surface area contributed by atoms with Gasteiger partial charge in [0.2, 0.25) is 0 Å². The van der Waals surface area contributed by atoms with E-state index in [1.165, 1.54) is 7.11 Å². The van der Waals surface area contributed by atoms with Gasteiger partial charge in [0.15, 0.2) is 0 Å². The molecule has 7 nitrogen and oxygen atoms in total. The van der Waals surface area contributed by atoms with Crippen LogP contribution in [-0.4, -0.2) is 48.9 Å². The number of amides is 1. The molecule has 0 radical (unpaired) electrons. The standard InChI is InChI=1S/C20H30ClN3O4/c1-20(2,3)28-18(25)16(12-23-15-7-8-15)14-10-13(17(21)24-11-14)6-5-9-22-19(26)27-4/h10-11,15-16,23H,5-9,12H2,1-4H3,(H,22,26). The normalized spacial score (nSPS) is 15.0. The van der Waals surface area contributed by atoms with Crippen LogP contribution in [0.15, 0.2) is 12.3 Å². The number of hydrogen-bond donors (Lipinski definition) is 2. The highest BCUT2D eigenvalue weighted by molar-refractivity contribution is 6.30. The van der Waals surface area contributed by atoms with Crippen LogP contribution >= 0.6 is 11.6 Å². The first-order chi connectivity index (χ1) is 13.2. The lowest BCUT2D eigenvalue weighted by molar-refractivity contribution is -0.156. The van der Waals surface area contributed by atoms with E-state index in [0.29, 0.717) is 37.1 Å². The molecule has 0 aromatic carbocycles. The monoisotopic (exact) mass is 411 g/mol. The van der Waals surface area contributed by atoms with E-state index in [4.69, 9.17) is 16.3 Å². The van der Waals surface area contributed by atoms with E-state index in [0.717, 1.165) is 24.0 Å². The van der Waals surface area contributed by atoms with Crippen molar-refractivity contribution in [1.29, 1.82) is 0 Å². The predicted octanol–water partition coefficient (Wildman–Crippen LogP) is 3.20. The maximum absolute atomic E-state index is 12.8. The number of methoxy groups -OCH3 is 1. The first-order valence-electron chi connectivity index (χ1n) is 9.62. The van der Waals surface area contributed by atoms with Crippen molar-refractivity contribution in [3.05, 3.63) is 28.5 Å². The Bertz CT molecular complexity index is 687. The van der Waals surface area contributed by atoms with Crippen LogP contribution in [0.5, 0.6) is 0 Å². The highest BCUT2D eigenvalue weighted by Crippen LogP contribution is 2.26. The fourth-order valence-corrected chi connectivity index (χ4v) is 2.90. The SMILES string of the molecule is COC(=O)NCCCc1cc(C(CNC2CC2)C(=O)OC(C)(C)C)cnc1Cl. The fraction of sp³-hybridized carbons (Fsp3) is 0.650. The number of pyridine rings is 1. The van der Waals surface area contributed by atoms with Crippen LogP contribution in [0.2, 0.25) is 5.15 Å². The Kier molecular flexibility index (Phi) is 8.07. The van der Waals surface area contributed by atoms with E-state index in [9.17, 15) is 9.59 Å². The summed E-state index contributed by atoms with van der Waals surface area (Å²) in [5.41, 5.74) is 1.06. The highest BCUT2D eigenvalue weighted by atomic mass is 35.5. The van der Waals surface area contributed by atoms with Crippen molar-refractivity contribution in [3.8, 4) is 0 Å². The quantitative estimate of drug-likeness (QED) is 0.368. The molecule has 1 unspecified atom stereocenters. The van der Waals surface area contributed by atoms with Crippen LogP contribution in [0.3, 0.4) is 0 Å². The molecule has 2 N–H and O–H groups in total. The van der Waals surface area contributed by atoms with Crippen LogP contribution in [0, 0.1) is 0 Å². The lowest BCUT2D eigenvalue weighted by Gasteiger charge is -2.24. The van der Waals surface area contributed by atoms with Gasteiger partial charge in [-0.2, -0.15) is 0 Å². The molecular weight excluding hydrogens is 382 g/mol. The van der Waals surface area contributed by atoms with Crippen LogP contribution in [0.4, 0.5) is 4.79 Å². The van der Waals surface area contributed by atoms with Crippen molar-refractivity contribution in [2.24, 2.45) is 0 Å². The summed E-state index contributed by atoms with van der Waals surface area (Å²) in [6.45, 7) is 6.54. The molecule has 0 bridgehead atoms. The van der Waals surface area contributed by atoms with Crippen molar-refractivity contribution in [3.63, 3.8) is 0 Å².